The van der Waals surface area contributed by atoms with Crippen LogP contribution >= 0.6 is 0 Å². The smallest absolute Gasteiger partial charge is 0.261 e. The topological polar surface area (TPSA) is 84.4 Å². The van der Waals surface area contributed by atoms with Crippen LogP contribution in [0.3, 0.4) is 0 Å². The van der Waals surface area contributed by atoms with E-state index in [9.17, 15) is 8.42 Å². The second-order valence-electron chi connectivity index (χ2n) is 8.81. The van der Waals surface area contributed by atoms with Crippen molar-refractivity contribution in [3.8, 4) is 17.0 Å². The number of hydrogen-bond acceptors (Lipinski definition) is 6. The number of ether oxygens (including phenoxy) is 1. The fourth-order valence-corrected chi connectivity index (χ4v) is 4.94. The van der Waals surface area contributed by atoms with Crippen LogP contribution in [-0.4, -0.2) is 38.3 Å². The number of nitrogens with zero attached hydrogens (tertiary/aromatic N) is 3. The molecule has 0 atom stereocenters. The zero-order valence-corrected chi connectivity index (χ0v) is 20.6. The quantitative estimate of drug-likeness (QED) is 0.415. The Hall–Kier alpha value is -3.13. The highest BCUT2D eigenvalue weighted by atomic mass is 32.2. The highest BCUT2D eigenvalue weighted by molar-refractivity contribution is 7.92. The molecule has 1 fully saturated rings. The molecule has 1 aliphatic heterocycles. The van der Waals surface area contributed by atoms with E-state index in [4.69, 9.17) is 4.74 Å². The van der Waals surface area contributed by atoms with E-state index in [1.807, 2.05) is 18.2 Å². The first-order valence-corrected chi connectivity index (χ1v) is 13.4. The largest absolute Gasteiger partial charge is 0.494 e. The van der Waals surface area contributed by atoms with E-state index >= 15 is 0 Å². The number of nitrogens with one attached hydrogen (secondary N) is 1. The highest BCUT2D eigenvalue weighted by Gasteiger charge is 2.18. The van der Waals surface area contributed by atoms with E-state index in [1.165, 1.54) is 12.8 Å². The molecule has 7 nitrogen and oxygen atoms in total. The van der Waals surface area contributed by atoms with Crippen molar-refractivity contribution < 1.29 is 13.2 Å². The van der Waals surface area contributed by atoms with Crippen molar-refractivity contribution in [1.82, 2.24) is 10.2 Å². The zero-order chi connectivity index (χ0) is 24.0. The van der Waals surface area contributed by atoms with E-state index in [0.717, 1.165) is 43.2 Å². The second kappa shape index (κ2) is 10.9. The lowest BCUT2D eigenvalue weighted by molar-refractivity contribution is 0.309. The molecule has 1 N–H and O–H groups in total. The molecule has 0 aliphatic carbocycles. The van der Waals surface area contributed by atoms with Gasteiger partial charge in [0.25, 0.3) is 10.0 Å². The third kappa shape index (κ3) is 6.05. The summed E-state index contributed by atoms with van der Waals surface area (Å²) in [5, 5.41) is 8.81. The van der Waals surface area contributed by atoms with Crippen molar-refractivity contribution in [2.75, 3.05) is 29.3 Å². The predicted octanol–water partition coefficient (Wildman–Crippen LogP) is 5.36. The molecule has 0 unspecified atom stereocenters. The Labute approximate surface area is 202 Å². The molecule has 0 bridgehead atoms. The second-order valence-corrected chi connectivity index (χ2v) is 10.5. The van der Waals surface area contributed by atoms with Gasteiger partial charge < -0.3 is 9.64 Å². The van der Waals surface area contributed by atoms with Crippen molar-refractivity contribution in [2.24, 2.45) is 5.92 Å². The predicted molar refractivity (Wildman–Crippen MR) is 136 cm³/mol. The Balaban J connectivity index is 1.44. The molecule has 8 heteroatoms. The first-order valence-electron chi connectivity index (χ1n) is 11.9. The molecule has 3 aromatic rings. The van der Waals surface area contributed by atoms with Gasteiger partial charge in [0.1, 0.15) is 5.75 Å². The Morgan fingerprint density at radius 1 is 1.03 bits per heavy atom. The van der Waals surface area contributed by atoms with Crippen LogP contribution in [0.15, 0.2) is 65.6 Å². The van der Waals surface area contributed by atoms with Crippen molar-refractivity contribution in [1.29, 1.82) is 0 Å². The van der Waals surface area contributed by atoms with Crippen LogP contribution in [-0.2, 0) is 10.0 Å². The Morgan fingerprint density at radius 2 is 1.79 bits per heavy atom. The number of piperidine rings is 1. The average Bonchev–Trinajstić information content (AvgIpc) is 2.85. The molecule has 2 aromatic carbocycles. The van der Waals surface area contributed by atoms with E-state index in [-0.39, 0.29) is 4.90 Å². The summed E-state index contributed by atoms with van der Waals surface area (Å²) in [5.41, 5.74) is 1.96. The van der Waals surface area contributed by atoms with Crippen molar-refractivity contribution in [3.63, 3.8) is 0 Å². The van der Waals surface area contributed by atoms with Gasteiger partial charge in [-0.2, -0.15) is 0 Å². The van der Waals surface area contributed by atoms with Crippen LogP contribution in [0.5, 0.6) is 5.75 Å². The molecule has 0 radical (unpaired) electrons. The van der Waals surface area contributed by atoms with E-state index in [0.29, 0.717) is 23.7 Å². The molecule has 2 heterocycles. The lowest BCUT2D eigenvalue weighted by atomic mass is 9.99. The summed E-state index contributed by atoms with van der Waals surface area (Å²) in [6.45, 7) is 6.99. The molecule has 0 spiro atoms. The van der Waals surface area contributed by atoms with Crippen molar-refractivity contribution >= 4 is 21.5 Å². The Morgan fingerprint density at radius 3 is 2.47 bits per heavy atom. The molecule has 1 aromatic heterocycles. The maximum atomic E-state index is 12.9. The van der Waals surface area contributed by atoms with Gasteiger partial charge in [-0.05, 0) is 73.7 Å². The molecule has 1 saturated heterocycles. The van der Waals surface area contributed by atoms with Gasteiger partial charge in [0, 0.05) is 24.3 Å². The fourth-order valence-electron chi connectivity index (χ4n) is 3.89. The molecule has 180 valence electrons. The third-order valence-corrected chi connectivity index (χ3v) is 7.47. The molecule has 0 saturated carbocycles. The fraction of sp³-hybridized carbons (Fsp3) is 0.385. The maximum absolute atomic E-state index is 12.9. The summed E-state index contributed by atoms with van der Waals surface area (Å²) >= 11 is 0. The van der Waals surface area contributed by atoms with Gasteiger partial charge in [-0.15, -0.1) is 10.2 Å². The number of aromatic nitrogens is 2. The molecule has 1 aliphatic rings. The minimum absolute atomic E-state index is 0.181. The number of benzene rings is 2. The van der Waals surface area contributed by atoms with Crippen LogP contribution in [0.25, 0.3) is 11.3 Å². The maximum Gasteiger partial charge on any atom is 0.261 e. The Bertz CT molecular complexity index is 1170. The summed E-state index contributed by atoms with van der Waals surface area (Å²) < 4.78 is 34.0. The summed E-state index contributed by atoms with van der Waals surface area (Å²) in [7, 11) is -3.73. The monoisotopic (exact) mass is 480 g/mol. The standard InChI is InChI=1S/C26H32N4O3S/c1-3-4-18-33-23-8-10-24(11-9-23)34(31,32)29-22-7-5-6-21(19-22)25-12-13-26(28-27-25)30-16-14-20(2)15-17-30/h5-13,19-20,29H,3-4,14-18H2,1-2H3. The number of rotatable bonds is 9. The van der Waals surface area contributed by atoms with Gasteiger partial charge in [-0.25, -0.2) is 8.42 Å². The van der Waals surface area contributed by atoms with E-state index < -0.39 is 10.0 Å². The number of hydrogen-bond donors (Lipinski definition) is 1. The number of unbranched alkanes of at least 4 members (excludes halogenated alkanes) is 1. The van der Waals surface area contributed by atoms with Crippen molar-refractivity contribution in [3.05, 3.63) is 60.7 Å². The SMILES string of the molecule is CCCCOc1ccc(S(=O)(=O)Nc2cccc(-c3ccc(N4CCC(C)CC4)nn3)c2)cc1. The average molecular weight is 481 g/mol. The van der Waals surface area contributed by atoms with Gasteiger partial charge in [0.15, 0.2) is 5.82 Å². The van der Waals surface area contributed by atoms with Crippen LogP contribution in [0.1, 0.15) is 39.5 Å². The lowest BCUT2D eigenvalue weighted by Gasteiger charge is -2.30. The molecular weight excluding hydrogens is 448 g/mol. The number of anilines is 2. The zero-order valence-electron chi connectivity index (χ0n) is 19.8. The summed E-state index contributed by atoms with van der Waals surface area (Å²) in [4.78, 5) is 2.45. The van der Waals surface area contributed by atoms with Crippen LogP contribution in [0, 0.1) is 5.92 Å². The highest BCUT2D eigenvalue weighted by Crippen LogP contribution is 2.26. The first-order chi connectivity index (χ1) is 16.4. The lowest BCUT2D eigenvalue weighted by Crippen LogP contribution is -2.33. The van der Waals surface area contributed by atoms with E-state index in [1.54, 1.807) is 42.5 Å². The van der Waals surface area contributed by atoms with Gasteiger partial charge >= 0.3 is 0 Å². The molecule has 34 heavy (non-hydrogen) atoms. The normalized spacial score (nSPS) is 14.7. The van der Waals surface area contributed by atoms with Crippen LogP contribution in [0.2, 0.25) is 0 Å². The van der Waals surface area contributed by atoms with Crippen LogP contribution < -0.4 is 14.4 Å². The number of sulfonamides is 1. The van der Waals surface area contributed by atoms with Gasteiger partial charge in [-0.1, -0.05) is 32.4 Å². The minimum Gasteiger partial charge on any atom is -0.494 e. The Kier molecular flexibility index (Phi) is 7.67. The van der Waals surface area contributed by atoms with E-state index in [2.05, 4.69) is 33.7 Å². The van der Waals surface area contributed by atoms with Gasteiger partial charge in [0.2, 0.25) is 0 Å². The summed E-state index contributed by atoms with van der Waals surface area (Å²) in [6, 6.07) is 17.6. The van der Waals surface area contributed by atoms with Gasteiger partial charge in [-0.3, -0.25) is 4.72 Å². The van der Waals surface area contributed by atoms with Gasteiger partial charge in [0.05, 0.1) is 17.2 Å². The molecule has 4 rings (SSSR count). The molecular formula is C26H32N4O3S. The first kappa shape index (κ1) is 24.0. The van der Waals surface area contributed by atoms with Crippen LogP contribution in [0.4, 0.5) is 11.5 Å². The molecule has 0 amide bonds. The minimum atomic E-state index is -3.73. The van der Waals surface area contributed by atoms with Crippen molar-refractivity contribution in [2.45, 2.75) is 44.4 Å². The summed E-state index contributed by atoms with van der Waals surface area (Å²) in [6.07, 6.45) is 4.34. The third-order valence-electron chi connectivity index (χ3n) is 6.07. The summed E-state index contributed by atoms with van der Waals surface area (Å²) in [5.74, 6) is 2.30.